The van der Waals surface area contributed by atoms with E-state index in [2.05, 4.69) is 0 Å². The molecule has 0 saturated heterocycles. The molecule has 0 unspecified atom stereocenters. The van der Waals surface area contributed by atoms with Crippen molar-refractivity contribution in [2.45, 2.75) is 5.75 Å². The maximum atomic E-state index is 13.5. The molecule has 1 aromatic heterocycles. The number of hydrogen-bond donors (Lipinski definition) is 0. The maximum Gasteiger partial charge on any atom is 0.272 e. The molecule has 0 aliphatic carbocycles. The van der Waals surface area contributed by atoms with Crippen LogP contribution in [-0.2, 0) is 15.3 Å². The van der Waals surface area contributed by atoms with Crippen LogP contribution in [0.5, 0.6) is 0 Å². The first-order valence-corrected chi connectivity index (χ1v) is 11.4. The number of amides is 2. The third-order valence-electron chi connectivity index (χ3n) is 5.04. The van der Waals surface area contributed by atoms with Gasteiger partial charge in [-0.25, -0.2) is 4.90 Å². The molecule has 1 aliphatic heterocycles. The number of carbonyl (C=O) groups excluding carboxylic acids is 2. The Hall–Kier alpha value is -3.15. The molecule has 0 fully saturated rings. The Morgan fingerprint density at radius 3 is 2.33 bits per heavy atom. The number of carbonyl (C=O) groups is 2. The molecule has 5 rings (SSSR count). The van der Waals surface area contributed by atoms with Crippen LogP contribution >= 0.6 is 23.1 Å². The van der Waals surface area contributed by atoms with Crippen molar-refractivity contribution in [3.8, 4) is 0 Å². The van der Waals surface area contributed by atoms with Crippen molar-refractivity contribution >= 4 is 56.9 Å². The minimum Gasteiger partial charge on any atom is -0.268 e. The molecule has 0 saturated carbocycles. The van der Waals surface area contributed by atoms with E-state index in [0.29, 0.717) is 21.9 Å². The van der Waals surface area contributed by atoms with Crippen molar-refractivity contribution in [3.05, 3.63) is 106 Å². The van der Waals surface area contributed by atoms with Crippen molar-refractivity contribution in [2.75, 3.05) is 4.90 Å². The van der Waals surface area contributed by atoms with Crippen LogP contribution in [0, 0.1) is 0 Å². The van der Waals surface area contributed by atoms with E-state index in [9.17, 15) is 9.59 Å². The number of thioether (sulfide) groups is 1. The molecule has 0 radical (unpaired) electrons. The van der Waals surface area contributed by atoms with Gasteiger partial charge in [-0.2, -0.15) is 0 Å². The van der Waals surface area contributed by atoms with Gasteiger partial charge in [0.1, 0.15) is 0 Å². The van der Waals surface area contributed by atoms with Crippen LogP contribution in [0.15, 0.2) is 95.2 Å². The second-order valence-corrected chi connectivity index (χ2v) is 8.83. The molecule has 30 heavy (non-hydrogen) atoms. The second-order valence-electron chi connectivity index (χ2n) is 6.90. The van der Waals surface area contributed by atoms with Crippen molar-refractivity contribution < 1.29 is 9.59 Å². The molecule has 3 aromatic carbocycles. The third kappa shape index (κ3) is 3.26. The Kier molecular flexibility index (Phi) is 4.99. The highest BCUT2D eigenvalue weighted by molar-refractivity contribution is 8.03. The van der Waals surface area contributed by atoms with E-state index in [1.807, 2.05) is 90.3 Å². The first-order chi connectivity index (χ1) is 14.7. The highest BCUT2D eigenvalue weighted by atomic mass is 32.2. The monoisotopic (exact) mass is 427 g/mol. The van der Waals surface area contributed by atoms with Gasteiger partial charge in [0.05, 0.1) is 16.2 Å². The molecule has 3 nitrogen and oxygen atoms in total. The molecule has 2 heterocycles. The number of imide groups is 1. The molecular formula is C25H17NO2S2. The third-order valence-corrected chi connectivity index (χ3v) is 7.07. The average Bonchev–Trinajstić information content (AvgIpc) is 3.39. The summed E-state index contributed by atoms with van der Waals surface area (Å²) in [5, 5.41) is 3.82. The Balaban J connectivity index is 1.58. The Labute approximate surface area is 182 Å². The molecule has 146 valence electrons. The van der Waals surface area contributed by atoms with Crippen molar-refractivity contribution in [2.24, 2.45) is 0 Å². The molecule has 0 spiro atoms. The fourth-order valence-corrected chi connectivity index (χ4v) is 5.53. The van der Waals surface area contributed by atoms with E-state index in [0.717, 1.165) is 21.2 Å². The van der Waals surface area contributed by atoms with Gasteiger partial charge in [0.25, 0.3) is 11.8 Å². The Morgan fingerprint density at radius 2 is 1.53 bits per heavy atom. The Morgan fingerprint density at radius 1 is 0.767 bits per heavy atom. The van der Waals surface area contributed by atoms with Crippen LogP contribution in [0.4, 0.5) is 5.69 Å². The number of fused-ring (bicyclic) bond motifs is 1. The minimum atomic E-state index is -0.255. The van der Waals surface area contributed by atoms with Crippen LogP contribution in [0.25, 0.3) is 16.3 Å². The van der Waals surface area contributed by atoms with E-state index in [4.69, 9.17) is 0 Å². The average molecular weight is 428 g/mol. The normalized spacial score (nSPS) is 14.2. The summed E-state index contributed by atoms with van der Waals surface area (Å²) in [6, 6.07) is 27.3. The zero-order valence-corrected chi connectivity index (χ0v) is 17.6. The van der Waals surface area contributed by atoms with Gasteiger partial charge >= 0.3 is 0 Å². The van der Waals surface area contributed by atoms with Crippen molar-refractivity contribution in [1.82, 2.24) is 0 Å². The zero-order chi connectivity index (χ0) is 20.5. The SMILES string of the molecule is O=C1C(SCc2ccccc2)=C(c2cccs2)C(=O)N1c1cccc2ccccc12. The molecular weight excluding hydrogens is 410 g/mol. The molecule has 0 N–H and O–H groups in total. The molecule has 5 heteroatoms. The van der Waals surface area contributed by atoms with Gasteiger partial charge in [0, 0.05) is 16.0 Å². The lowest BCUT2D eigenvalue weighted by atomic mass is 10.1. The van der Waals surface area contributed by atoms with E-state index in [1.54, 1.807) is 0 Å². The summed E-state index contributed by atoms with van der Waals surface area (Å²) in [5.74, 6) is 0.128. The fourth-order valence-electron chi connectivity index (χ4n) is 3.63. The quantitative estimate of drug-likeness (QED) is 0.360. The van der Waals surface area contributed by atoms with E-state index in [-0.39, 0.29) is 11.8 Å². The van der Waals surface area contributed by atoms with Crippen molar-refractivity contribution in [3.63, 3.8) is 0 Å². The van der Waals surface area contributed by atoms with E-state index < -0.39 is 0 Å². The summed E-state index contributed by atoms with van der Waals surface area (Å²) >= 11 is 2.91. The lowest BCUT2D eigenvalue weighted by molar-refractivity contribution is -0.119. The summed E-state index contributed by atoms with van der Waals surface area (Å²) in [6.45, 7) is 0. The number of rotatable bonds is 5. The lowest BCUT2D eigenvalue weighted by Gasteiger charge is -2.17. The van der Waals surface area contributed by atoms with E-state index >= 15 is 0 Å². The summed E-state index contributed by atoms with van der Waals surface area (Å²) in [7, 11) is 0. The van der Waals surface area contributed by atoms with Crippen LogP contribution < -0.4 is 4.90 Å². The van der Waals surface area contributed by atoms with Gasteiger partial charge in [-0.15, -0.1) is 23.1 Å². The van der Waals surface area contributed by atoms with Gasteiger partial charge in [0.2, 0.25) is 0 Å². The van der Waals surface area contributed by atoms with Gasteiger partial charge in [-0.05, 0) is 28.5 Å². The lowest BCUT2D eigenvalue weighted by Crippen LogP contribution is -2.31. The molecule has 2 amide bonds. The first-order valence-electron chi connectivity index (χ1n) is 9.55. The molecule has 0 atom stereocenters. The highest BCUT2D eigenvalue weighted by Gasteiger charge is 2.41. The largest absolute Gasteiger partial charge is 0.272 e. The summed E-state index contributed by atoms with van der Waals surface area (Å²) in [4.78, 5) is 29.7. The predicted molar refractivity (Wildman–Crippen MR) is 125 cm³/mol. The van der Waals surface area contributed by atoms with Crippen LogP contribution in [0.3, 0.4) is 0 Å². The standard InChI is InChI=1S/C25H17NO2S2/c27-24-22(21-14-7-15-29-21)23(30-16-17-8-2-1-3-9-17)25(28)26(24)20-13-6-11-18-10-4-5-12-19(18)20/h1-15H,16H2. The number of thiophene rings is 1. The van der Waals surface area contributed by atoms with Gasteiger partial charge in [-0.3, -0.25) is 9.59 Å². The van der Waals surface area contributed by atoms with E-state index in [1.165, 1.54) is 28.0 Å². The number of benzene rings is 3. The second kappa shape index (κ2) is 7.94. The summed E-state index contributed by atoms with van der Waals surface area (Å²) < 4.78 is 0. The van der Waals surface area contributed by atoms with Crippen molar-refractivity contribution in [1.29, 1.82) is 0 Å². The highest BCUT2D eigenvalue weighted by Crippen LogP contribution is 2.42. The minimum absolute atomic E-state index is 0.249. The molecule has 1 aliphatic rings. The van der Waals surface area contributed by atoms with Gasteiger partial charge < -0.3 is 0 Å². The molecule has 4 aromatic rings. The van der Waals surface area contributed by atoms with Crippen LogP contribution in [0.1, 0.15) is 10.4 Å². The summed E-state index contributed by atoms with van der Waals surface area (Å²) in [6.07, 6.45) is 0. The maximum absolute atomic E-state index is 13.5. The fraction of sp³-hybridized carbons (Fsp3) is 0.0400. The van der Waals surface area contributed by atoms with Gasteiger partial charge in [-0.1, -0.05) is 72.8 Å². The smallest absolute Gasteiger partial charge is 0.268 e. The first kappa shape index (κ1) is 18.9. The Bertz CT molecular complexity index is 1270. The summed E-state index contributed by atoms with van der Waals surface area (Å²) in [5.41, 5.74) is 2.25. The molecule has 0 bridgehead atoms. The zero-order valence-electron chi connectivity index (χ0n) is 15.9. The van der Waals surface area contributed by atoms with Crippen LogP contribution in [0.2, 0.25) is 0 Å². The van der Waals surface area contributed by atoms with Gasteiger partial charge in [0.15, 0.2) is 0 Å². The topological polar surface area (TPSA) is 37.4 Å². The predicted octanol–water partition coefficient (Wildman–Crippen LogP) is 6.12. The number of anilines is 1. The number of nitrogens with zero attached hydrogens (tertiary/aromatic N) is 1. The number of hydrogen-bond acceptors (Lipinski definition) is 4. The van der Waals surface area contributed by atoms with Crippen LogP contribution in [-0.4, -0.2) is 11.8 Å².